The van der Waals surface area contributed by atoms with Crippen molar-refractivity contribution in [1.29, 1.82) is 0 Å². The number of aromatic nitrogens is 2. The highest BCUT2D eigenvalue weighted by atomic mass is 16.5. The number of carbonyl (C=O) groups excluding carboxylic acids is 1. The Morgan fingerprint density at radius 3 is 2.68 bits per heavy atom. The summed E-state index contributed by atoms with van der Waals surface area (Å²) >= 11 is 0. The molecule has 3 rings (SSSR count). The summed E-state index contributed by atoms with van der Waals surface area (Å²) in [5.74, 6) is 0.535. The van der Waals surface area contributed by atoms with Crippen molar-refractivity contribution in [3.63, 3.8) is 0 Å². The molecule has 5 nitrogen and oxygen atoms in total. The highest BCUT2D eigenvalue weighted by Crippen LogP contribution is 2.30. The number of H-pyrrole nitrogens is 1. The average molecular weight is 293 g/mol. The van der Waals surface area contributed by atoms with E-state index in [0.717, 1.165) is 16.9 Å². The molecule has 0 aliphatic rings. The molecule has 3 aromatic rings. The van der Waals surface area contributed by atoms with Gasteiger partial charge in [0.1, 0.15) is 5.75 Å². The molecule has 0 unspecified atom stereocenters. The summed E-state index contributed by atoms with van der Waals surface area (Å²) in [6.07, 6.45) is 3.18. The first-order valence-electron chi connectivity index (χ1n) is 6.81. The van der Waals surface area contributed by atoms with E-state index < -0.39 is 0 Å². The van der Waals surface area contributed by atoms with Crippen molar-refractivity contribution in [2.45, 2.75) is 0 Å². The zero-order valence-corrected chi connectivity index (χ0v) is 12.0. The number of benzene rings is 2. The first-order chi connectivity index (χ1) is 10.8. The number of anilines is 1. The summed E-state index contributed by atoms with van der Waals surface area (Å²) in [6, 6.07) is 15.2. The minimum Gasteiger partial charge on any atom is -0.496 e. The number of aromatic amines is 1. The molecule has 1 aromatic heterocycles. The Hall–Kier alpha value is -3.08. The van der Waals surface area contributed by atoms with Gasteiger partial charge in [-0.25, -0.2) is 0 Å². The molecule has 0 saturated heterocycles. The quantitative estimate of drug-likeness (QED) is 0.775. The van der Waals surface area contributed by atoms with Gasteiger partial charge in [0.2, 0.25) is 0 Å². The maximum atomic E-state index is 12.3. The fourth-order valence-electron chi connectivity index (χ4n) is 2.22. The van der Waals surface area contributed by atoms with Crippen LogP contribution >= 0.6 is 0 Å². The van der Waals surface area contributed by atoms with Crippen LogP contribution in [0.25, 0.3) is 11.1 Å². The third-order valence-electron chi connectivity index (χ3n) is 3.30. The van der Waals surface area contributed by atoms with E-state index >= 15 is 0 Å². The molecule has 0 fully saturated rings. The topological polar surface area (TPSA) is 67.0 Å². The summed E-state index contributed by atoms with van der Waals surface area (Å²) in [4.78, 5) is 12.3. The number of carbonyl (C=O) groups is 1. The Balaban J connectivity index is 1.95. The van der Waals surface area contributed by atoms with Gasteiger partial charge in [-0.2, -0.15) is 5.10 Å². The Morgan fingerprint density at radius 1 is 1.18 bits per heavy atom. The molecule has 110 valence electrons. The van der Waals surface area contributed by atoms with Gasteiger partial charge in [-0.05, 0) is 23.8 Å². The van der Waals surface area contributed by atoms with Gasteiger partial charge >= 0.3 is 0 Å². The van der Waals surface area contributed by atoms with E-state index in [1.165, 1.54) is 0 Å². The van der Waals surface area contributed by atoms with E-state index in [4.69, 9.17) is 4.74 Å². The second-order valence-corrected chi connectivity index (χ2v) is 4.72. The average Bonchev–Trinajstić information content (AvgIpc) is 3.08. The zero-order valence-electron chi connectivity index (χ0n) is 12.0. The van der Waals surface area contributed by atoms with Crippen LogP contribution in [0.4, 0.5) is 5.69 Å². The molecule has 0 spiro atoms. The van der Waals surface area contributed by atoms with Crippen LogP contribution in [0.15, 0.2) is 60.9 Å². The van der Waals surface area contributed by atoms with Crippen molar-refractivity contribution in [2.24, 2.45) is 0 Å². The van der Waals surface area contributed by atoms with Gasteiger partial charge in [0.15, 0.2) is 0 Å². The van der Waals surface area contributed by atoms with Crippen LogP contribution in [0.2, 0.25) is 0 Å². The van der Waals surface area contributed by atoms with Crippen molar-refractivity contribution in [3.8, 4) is 16.9 Å². The van der Waals surface area contributed by atoms with Crippen LogP contribution < -0.4 is 10.1 Å². The zero-order chi connectivity index (χ0) is 15.4. The number of nitrogens with one attached hydrogen (secondary N) is 2. The molecule has 0 bridgehead atoms. The summed E-state index contributed by atoms with van der Waals surface area (Å²) in [6.45, 7) is 0. The van der Waals surface area contributed by atoms with E-state index in [1.807, 2.05) is 36.4 Å². The largest absolute Gasteiger partial charge is 0.496 e. The lowest BCUT2D eigenvalue weighted by Gasteiger charge is -2.11. The van der Waals surface area contributed by atoms with Gasteiger partial charge in [-0.15, -0.1) is 0 Å². The summed E-state index contributed by atoms with van der Waals surface area (Å²) < 4.78 is 5.39. The molecule has 2 aromatic carbocycles. The lowest BCUT2D eigenvalue weighted by molar-refractivity contribution is 0.102. The summed E-state index contributed by atoms with van der Waals surface area (Å²) in [5.41, 5.74) is 3.06. The third-order valence-corrected chi connectivity index (χ3v) is 3.30. The number of ether oxygens (including phenoxy) is 1. The first-order valence-corrected chi connectivity index (χ1v) is 6.81. The molecule has 0 atom stereocenters. The predicted octanol–water partition coefficient (Wildman–Crippen LogP) is 3.34. The molecule has 5 heteroatoms. The predicted molar refractivity (Wildman–Crippen MR) is 85.0 cm³/mol. The van der Waals surface area contributed by atoms with Gasteiger partial charge < -0.3 is 10.1 Å². The molecule has 0 radical (unpaired) electrons. The molecule has 0 saturated carbocycles. The first kappa shape index (κ1) is 13.9. The fraction of sp³-hybridized carbons (Fsp3) is 0.0588. The monoisotopic (exact) mass is 293 g/mol. The highest BCUT2D eigenvalue weighted by molar-refractivity contribution is 6.05. The second kappa shape index (κ2) is 6.13. The third kappa shape index (κ3) is 2.83. The molecule has 2 N–H and O–H groups in total. The maximum absolute atomic E-state index is 12.3. The van der Waals surface area contributed by atoms with Crippen molar-refractivity contribution in [3.05, 3.63) is 66.5 Å². The van der Waals surface area contributed by atoms with Gasteiger partial charge in [-0.3, -0.25) is 9.89 Å². The second-order valence-electron chi connectivity index (χ2n) is 4.72. The van der Waals surface area contributed by atoms with Crippen LogP contribution in [0, 0.1) is 0 Å². The number of nitrogens with zero attached hydrogens (tertiary/aromatic N) is 1. The van der Waals surface area contributed by atoms with E-state index in [0.29, 0.717) is 11.3 Å². The summed E-state index contributed by atoms with van der Waals surface area (Å²) in [5, 5.41) is 9.24. The highest BCUT2D eigenvalue weighted by Gasteiger charge is 2.12. The Morgan fingerprint density at radius 2 is 2.00 bits per heavy atom. The lowest BCUT2D eigenvalue weighted by Crippen LogP contribution is -2.11. The van der Waals surface area contributed by atoms with E-state index in [2.05, 4.69) is 15.5 Å². The Bertz CT molecular complexity index is 768. The van der Waals surface area contributed by atoms with Crippen LogP contribution in [0.3, 0.4) is 0 Å². The van der Waals surface area contributed by atoms with Crippen molar-refractivity contribution >= 4 is 11.6 Å². The normalized spacial score (nSPS) is 10.2. The van der Waals surface area contributed by atoms with Gasteiger partial charge in [0.25, 0.3) is 5.91 Å². The van der Waals surface area contributed by atoms with E-state index in [1.54, 1.807) is 31.6 Å². The smallest absolute Gasteiger partial charge is 0.255 e. The Kier molecular flexibility index (Phi) is 3.87. The van der Waals surface area contributed by atoms with Gasteiger partial charge in [0.05, 0.1) is 19.0 Å². The number of amides is 1. The maximum Gasteiger partial charge on any atom is 0.255 e. The van der Waals surface area contributed by atoms with Crippen LogP contribution in [0.5, 0.6) is 5.75 Å². The van der Waals surface area contributed by atoms with Crippen molar-refractivity contribution in [1.82, 2.24) is 10.2 Å². The Labute approximate surface area is 127 Å². The number of hydrogen-bond donors (Lipinski definition) is 2. The number of hydrogen-bond acceptors (Lipinski definition) is 3. The minimum atomic E-state index is -0.193. The molecule has 1 heterocycles. The van der Waals surface area contributed by atoms with Crippen LogP contribution in [0.1, 0.15) is 10.4 Å². The molecular weight excluding hydrogens is 278 g/mol. The standard InChI is InChI=1S/C17H15N3O2/c1-22-16-8-7-13(17(21)20-14-10-18-19-11-14)9-15(16)12-5-3-2-4-6-12/h2-11H,1H3,(H,18,19)(H,20,21). The van der Waals surface area contributed by atoms with Gasteiger partial charge in [-0.1, -0.05) is 30.3 Å². The van der Waals surface area contributed by atoms with E-state index in [9.17, 15) is 4.79 Å². The minimum absolute atomic E-state index is 0.193. The number of methoxy groups -OCH3 is 1. The SMILES string of the molecule is COc1ccc(C(=O)Nc2cn[nH]c2)cc1-c1ccccc1. The fourth-order valence-corrected chi connectivity index (χ4v) is 2.22. The summed E-state index contributed by atoms with van der Waals surface area (Å²) in [7, 11) is 1.62. The lowest BCUT2D eigenvalue weighted by atomic mass is 10.0. The van der Waals surface area contributed by atoms with Crippen molar-refractivity contribution in [2.75, 3.05) is 12.4 Å². The van der Waals surface area contributed by atoms with E-state index in [-0.39, 0.29) is 5.91 Å². The molecule has 0 aliphatic heterocycles. The van der Waals surface area contributed by atoms with Crippen LogP contribution in [-0.2, 0) is 0 Å². The molecule has 22 heavy (non-hydrogen) atoms. The molecule has 1 amide bonds. The van der Waals surface area contributed by atoms with Gasteiger partial charge in [0, 0.05) is 17.3 Å². The van der Waals surface area contributed by atoms with Crippen molar-refractivity contribution < 1.29 is 9.53 Å². The van der Waals surface area contributed by atoms with Crippen LogP contribution in [-0.4, -0.2) is 23.2 Å². The number of rotatable bonds is 4. The molecular formula is C17H15N3O2. The molecule has 0 aliphatic carbocycles.